The third-order valence-electron chi connectivity index (χ3n) is 5.73. The van der Waals surface area contributed by atoms with Crippen molar-refractivity contribution >= 4 is 28.9 Å². The summed E-state index contributed by atoms with van der Waals surface area (Å²) in [4.78, 5) is 28.3. The van der Waals surface area contributed by atoms with E-state index in [1.54, 1.807) is 4.90 Å². The predicted molar refractivity (Wildman–Crippen MR) is 115 cm³/mol. The predicted octanol–water partition coefficient (Wildman–Crippen LogP) is 5.93. The van der Waals surface area contributed by atoms with Crippen LogP contribution >= 0.6 is 11.3 Å². The first-order chi connectivity index (χ1) is 13.3. The van der Waals surface area contributed by atoms with Gasteiger partial charge in [-0.1, -0.05) is 44.2 Å². The van der Waals surface area contributed by atoms with Gasteiger partial charge in [0.15, 0.2) is 0 Å². The van der Waals surface area contributed by atoms with Gasteiger partial charge in [-0.15, -0.1) is 11.3 Å². The minimum absolute atomic E-state index is 0.0414. The van der Waals surface area contributed by atoms with Gasteiger partial charge in [0, 0.05) is 16.8 Å². The molecule has 1 N–H and O–H groups in total. The summed E-state index contributed by atoms with van der Waals surface area (Å²) in [6.45, 7) is 8.31. The first-order valence-electron chi connectivity index (χ1n) is 10.0. The van der Waals surface area contributed by atoms with Crippen LogP contribution in [0.2, 0.25) is 0 Å². The lowest BCUT2D eigenvalue weighted by Crippen LogP contribution is -2.44. The van der Waals surface area contributed by atoms with E-state index in [-0.39, 0.29) is 22.7 Å². The normalized spacial score (nSPS) is 22.2. The second-order valence-corrected chi connectivity index (χ2v) is 9.35. The number of carboxylic acid groups (broad SMARTS) is 1. The Morgan fingerprint density at radius 3 is 2.39 bits per heavy atom. The molecule has 0 saturated heterocycles. The number of aromatic carboxylic acids is 1. The summed E-state index contributed by atoms with van der Waals surface area (Å²) in [7, 11) is 0. The average Bonchev–Trinajstić information content (AvgIpc) is 3.07. The molecule has 0 aliphatic heterocycles. The molecule has 1 aromatic carbocycles. The van der Waals surface area contributed by atoms with Crippen LogP contribution in [-0.4, -0.2) is 23.0 Å². The Morgan fingerprint density at radius 2 is 1.82 bits per heavy atom. The SMILES string of the molecule is CC(C)N(C(=O)C1CC[C@@H](C)C[C@@H]1C)c1cc(-c2ccccc2)sc1C(=O)O. The van der Waals surface area contributed by atoms with Crippen LogP contribution in [0.15, 0.2) is 36.4 Å². The van der Waals surface area contributed by atoms with Gasteiger partial charge in [0.25, 0.3) is 0 Å². The third-order valence-corrected chi connectivity index (χ3v) is 6.89. The fourth-order valence-corrected chi connectivity index (χ4v) is 5.31. The molecule has 1 saturated carbocycles. The van der Waals surface area contributed by atoms with Crippen molar-refractivity contribution in [2.75, 3.05) is 4.90 Å². The number of thiophene rings is 1. The van der Waals surface area contributed by atoms with Crippen LogP contribution < -0.4 is 4.90 Å². The van der Waals surface area contributed by atoms with Gasteiger partial charge in [0.1, 0.15) is 4.88 Å². The van der Waals surface area contributed by atoms with E-state index in [0.717, 1.165) is 29.7 Å². The zero-order chi connectivity index (χ0) is 20.4. The molecule has 1 aliphatic carbocycles. The molecule has 0 spiro atoms. The van der Waals surface area contributed by atoms with Crippen molar-refractivity contribution in [2.45, 2.75) is 53.0 Å². The van der Waals surface area contributed by atoms with Crippen LogP contribution in [0.5, 0.6) is 0 Å². The second kappa shape index (κ2) is 8.48. The molecule has 5 heteroatoms. The average molecular weight is 400 g/mol. The van der Waals surface area contributed by atoms with E-state index in [2.05, 4.69) is 13.8 Å². The molecule has 1 fully saturated rings. The number of amides is 1. The largest absolute Gasteiger partial charge is 0.477 e. The molecule has 3 atom stereocenters. The maximum Gasteiger partial charge on any atom is 0.348 e. The van der Waals surface area contributed by atoms with E-state index >= 15 is 0 Å². The molecule has 2 aromatic rings. The highest BCUT2D eigenvalue weighted by atomic mass is 32.1. The van der Waals surface area contributed by atoms with Gasteiger partial charge in [-0.25, -0.2) is 4.79 Å². The molecule has 1 unspecified atom stereocenters. The Labute approximate surface area is 171 Å². The third kappa shape index (κ3) is 4.14. The van der Waals surface area contributed by atoms with Crippen LogP contribution in [0.1, 0.15) is 56.6 Å². The summed E-state index contributed by atoms with van der Waals surface area (Å²) in [6, 6.07) is 11.5. The van der Waals surface area contributed by atoms with Crippen LogP contribution in [0.3, 0.4) is 0 Å². The van der Waals surface area contributed by atoms with Gasteiger partial charge in [0.2, 0.25) is 5.91 Å². The zero-order valence-corrected chi connectivity index (χ0v) is 17.8. The number of carbonyl (C=O) groups is 2. The van der Waals surface area contributed by atoms with E-state index in [0.29, 0.717) is 17.5 Å². The van der Waals surface area contributed by atoms with E-state index in [9.17, 15) is 14.7 Å². The molecule has 0 radical (unpaired) electrons. The highest BCUT2D eigenvalue weighted by molar-refractivity contribution is 7.18. The van der Waals surface area contributed by atoms with E-state index in [1.165, 1.54) is 11.3 Å². The number of hydrogen-bond donors (Lipinski definition) is 1. The minimum atomic E-state index is -0.981. The highest BCUT2D eigenvalue weighted by Gasteiger charge is 2.36. The lowest BCUT2D eigenvalue weighted by molar-refractivity contribution is -0.125. The van der Waals surface area contributed by atoms with Crippen molar-refractivity contribution in [2.24, 2.45) is 17.8 Å². The Morgan fingerprint density at radius 1 is 1.14 bits per heavy atom. The van der Waals surface area contributed by atoms with Crippen LogP contribution in [0.4, 0.5) is 5.69 Å². The Balaban J connectivity index is 2.01. The number of rotatable bonds is 5. The smallest absolute Gasteiger partial charge is 0.348 e. The molecular formula is C23H29NO3S. The number of carboxylic acids is 1. The van der Waals surface area contributed by atoms with Crippen molar-refractivity contribution in [3.63, 3.8) is 0 Å². The maximum absolute atomic E-state index is 13.5. The molecule has 1 amide bonds. The molecule has 150 valence electrons. The van der Waals surface area contributed by atoms with Crippen molar-refractivity contribution in [1.29, 1.82) is 0 Å². The topological polar surface area (TPSA) is 57.6 Å². The molecule has 1 aliphatic rings. The maximum atomic E-state index is 13.5. The number of benzene rings is 1. The molecular weight excluding hydrogens is 370 g/mol. The number of hydrogen-bond acceptors (Lipinski definition) is 3. The van der Waals surface area contributed by atoms with Gasteiger partial charge in [-0.2, -0.15) is 0 Å². The van der Waals surface area contributed by atoms with Crippen LogP contribution in [-0.2, 0) is 4.79 Å². The van der Waals surface area contributed by atoms with Gasteiger partial charge >= 0.3 is 5.97 Å². The second-order valence-electron chi connectivity index (χ2n) is 8.30. The first kappa shape index (κ1) is 20.6. The number of nitrogens with zero attached hydrogens (tertiary/aromatic N) is 1. The fourth-order valence-electron chi connectivity index (χ4n) is 4.32. The van der Waals surface area contributed by atoms with Crippen LogP contribution in [0.25, 0.3) is 10.4 Å². The van der Waals surface area contributed by atoms with Crippen molar-refractivity contribution in [1.82, 2.24) is 0 Å². The highest BCUT2D eigenvalue weighted by Crippen LogP contribution is 2.41. The summed E-state index contributed by atoms with van der Waals surface area (Å²) >= 11 is 1.24. The fraction of sp³-hybridized carbons (Fsp3) is 0.478. The molecule has 28 heavy (non-hydrogen) atoms. The molecule has 0 bridgehead atoms. The van der Waals surface area contributed by atoms with Crippen molar-refractivity contribution in [3.05, 3.63) is 41.3 Å². The summed E-state index contributed by atoms with van der Waals surface area (Å²) in [5.74, 6) is 0.00514. The van der Waals surface area contributed by atoms with E-state index in [4.69, 9.17) is 0 Å². The Bertz CT molecular complexity index is 843. The summed E-state index contributed by atoms with van der Waals surface area (Å²) in [6.07, 6.45) is 2.98. The van der Waals surface area contributed by atoms with E-state index < -0.39 is 5.97 Å². The molecule has 3 rings (SSSR count). The standard InChI is InChI=1S/C23H29NO3S/c1-14(2)24(22(25)18-11-10-15(3)12-16(18)4)19-13-20(28-21(19)23(26)27)17-8-6-5-7-9-17/h5-9,13-16,18H,10-12H2,1-4H3,(H,26,27)/t15-,16+,18?/m1/s1. The van der Waals surface area contributed by atoms with Gasteiger partial charge < -0.3 is 10.0 Å². The summed E-state index contributed by atoms with van der Waals surface area (Å²) in [5, 5.41) is 9.81. The molecule has 4 nitrogen and oxygen atoms in total. The minimum Gasteiger partial charge on any atom is -0.477 e. The number of carbonyl (C=O) groups excluding carboxylic acids is 1. The van der Waals surface area contributed by atoms with Crippen LogP contribution in [0, 0.1) is 17.8 Å². The summed E-state index contributed by atoms with van der Waals surface area (Å²) < 4.78 is 0. The Kier molecular flexibility index (Phi) is 6.23. The van der Waals surface area contributed by atoms with Gasteiger partial charge in [-0.05, 0) is 56.6 Å². The molecule has 1 heterocycles. The monoisotopic (exact) mass is 399 g/mol. The van der Waals surface area contributed by atoms with Gasteiger partial charge in [-0.3, -0.25) is 4.79 Å². The molecule has 1 aromatic heterocycles. The van der Waals surface area contributed by atoms with Gasteiger partial charge in [0.05, 0.1) is 5.69 Å². The number of anilines is 1. The first-order valence-corrected chi connectivity index (χ1v) is 10.9. The summed E-state index contributed by atoms with van der Waals surface area (Å²) in [5.41, 5.74) is 1.50. The Hall–Kier alpha value is -2.14. The quantitative estimate of drug-likeness (QED) is 0.678. The lowest BCUT2D eigenvalue weighted by atomic mass is 9.75. The lowest BCUT2D eigenvalue weighted by Gasteiger charge is -2.37. The van der Waals surface area contributed by atoms with E-state index in [1.807, 2.05) is 50.2 Å². The van der Waals surface area contributed by atoms with Crippen molar-refractivity contribution < 1.29 is 14.7 Å². The zero-order valence-electron chi connectivity index (χ0n) is 17.0. The van der Waals surface area contributed by atoms with Crippen molar-refractivity contribution in [3.8, 4) is 10.4 Å².